The molecule has 3 nitrogen and oxygen atoms in total. The van der Waals surface area contributed by atoms with Gasteiger partial charge in [0, 0.05) is 6.04 Å². The normalized spacial score (nSPS) is 16.6. The van der Waals surface area contributed by atoms with Crippen molar-refractivity contribution in [2.24, 2.45) is 5.73 Å². The molecule has 0 heterocycles. The third-order valence-electron chi connectivity index (χ3n) is 3.12. The summed E-state index contributed by atoms with van der Waals surface area (Å²) in [5, 5.41) is 0. The van der Waals surface area contributed by atoms with Crippen LogP contribution >= 0.6 is 0 Å². The van der Waals surface area contributed by atoms with E-state index in [-0.39, 0.29) is 0 Å². The quantitative estimate of drug-likeness (QED) is 0.873. The summed E-state index contributed by atoms with van der Waals surface area (Å²) in [5.74, 6) is 0.626. The van der Waals surface area contributed by atoms with Crippen LogP contribution < -0.4 is 10.5 Å². The first kappa shape index (κ1) is 16.8. The Morgan fingerprint density at radius 1 is 1.20 bits per heavy atom. The molecule has 0 aromatic heterocycles. The monoisotopic (exact) mass is 291 g/mol. The molecule has 0 bridgehead atoms. The molecule has 3 atom stereocenters. The minimum atomic E-state index is -4.40. The molecule has 0 saturated heterocycles. The minimum Gasteiger partial charge on any atom is -0.497 e. The van der Waals surface area contributed by atoms with E-state index in [4.69, 9.17) is 15.2 Å². The van der Waals surface area contributed by atoms with Crippen LogP contribution in [0.15, 0.2) is 24.3 Å². The molecular weight excluding hydrogens is 271 g/mol. The summed E-state index contributed by atoms with van der Waals surface area (Å²) in [7, 11) is 1.52. The van der Waals surface area contributed by atoms with Crippen LogP contribution in [-0.4, -0.2) is 25.4 Å². The summed E-state index contributed by atoms with van der Waals surface area (Å²) in [5.41, 5.74) is 6.50. The van der Waals surface area contributed by atoms with Gasteiger partial charge in [-0.25, -0.2) is 0 Å². The molecule has 2 N–H and O–H groups in total. The topological polar surface area (TPSA) is 44.5 Å². The van der Waals surface area contributed by atoms with Crippen molar-refractivity contribution in [3.05, 3.63) is 29.8 Å². The molecule has 0 fully saturated rings. The van der Waals surface area contributed by atoms with Crippen LogP contribution in [0.4, 0.5) is 13.2 Å². The van der Waals surface area contributed by atoms with Gasteiger partial charge in [0.1, 0.15) is 5.75 Å². The van der Waals surface area contributed by atoms with Gasteiger partial charge in [-0.1, -0.05) is 19.1 Å². The van der Waals surface area contributed by atoms with Gasteiger partial charge >= 0.3 is 6.18 Å². The minimum absolute atomic E-state index is 0.506. The van der Waals surface area contributed by atoms with Gasteiger partial charge in [-0.05, 0) is 31.0 Å². The Morgan fingerprint density at radius 2 is 1.75 bits per heavy atom. The summed E-state index contributed by atoms with van der Waals surface area (Å²) < 4.78 is 48.0. The Labute approximate surface area is 116 Å². The van der Waals surface area contributed by atoms with Gasteiger partial charge < -0.3 is 15.2 Å². The first-order valence-electron chi connectivity index (χ1n) is 6.41. The first-order chi connectivity index (χ1) is 9.29. The number of rotatable bonds is 6. The van der Waals surface area contributed by atoms with Crippen LogP contribution in [-0.2, 0) is 4.74 Å². The second kappa shape index (κ2) is 6.95. The average molecular weight is 291 g/mol. The second-order valence-electron chi connectivity index (χ2n) is 4.59. The molecule has 6 heteroatoms. The van der Waals surface area contributed by atoms with Crippen LogP contribution in [0, 0.1) is 0 Å². The highest BCUT2D eigenvalue weighted by atomic mass is 19.4. The molecule has 20 heavy (non-hydrogen) atoms. The SMILES string of the molecule is CCC(N)C(OC(C)C(F)(F)F)c1ccc(OC)cc1. The molecule has 3 unspecified atom stereocenters. The highest BCUT2D eigenvalue weighted by molar-refractivity contribution is 5.29. The predicted octanol–water partition coefficient (Wildman–Crippen LogP) is 3.44. The molecule has 0 saturated carbocycles. The summed E-state index contributed by atoms with van der Waals surface area (Å²) >= 11 is 0. The Bertz CT molecular complexity index is 406. The van der Waals surface area contributed by atoms with Crippen molar-refractivity contribution in [2.75, 3.05) is 7.11 Å². The second-order valence-corrected chi connectivity index (χ2v) is 4.59. The highest BCUT2D eigenvalue weighted by Gasteiger charge is 2.39. The van der Waals surface area contributed by atoms with Gasteiger partial charge in [0.25, 0.3) is 0 Å². The van der Waals surface area contributed by atoms with Gasteiger partial charge in [0.2, 0.25) is 0 Å². The molecule has 0 amide bonds. The number of hydrogen-bond acceptors (Lipinski definition) is 3. The predicted molar refractivity (Wildman–Crippen MR) is 70.6 cm³/mol. The zero-order chi connectivity index (χ0) is 15.3. The largest absolute Gasteiger partial charge is 0.497 e. The molecule has 0 radical (unpaired) electrons. The first-order valence-corrected chi connectivity index (χ1v) is 6.41. The third kappa shape index (κ3) is 4.38. The van der Waals surface area contributed by atoms with E-state index in [2.05, 4.69) is 0 Å². The number of nitrogens with two attached hydrogens (primary N) is 1. The fourth-order valence-corrected chi connectivity index (χ4v) is 1.73. The number of halogens is 3. The smallest absolute Gasteiger partial charge is 0.414 e. The van der Waals surface area contributed by atoms with Gasteiger partial charge in [-0.2, -0.15) is 13.2 Å². The Balaban J connectivity index is 2.94. The van der Waals surface area contributed by atoms with Crippen molar-refractivity contribution < 1.29 is 22.6 Å². The molecule has 1 aromatic carbocycles. The zero-order valence-corrected chi connectivity index (χ0v) is 11.8. The maximum Gasteiger partial charge on any atom is 0.414 e. The molecule has 114 valence electrons. The Morgan fingerprint density at radius 3 is 2.15 bits per heavy atom. The average Bonchev–Trinajstić information content (AvgIpc) is 2.42. The van der Waals surface area contributed by atoms with Crippen LogP contribution in [0.3, 0.4) is 0 Å². The van der Waals surface area contributed by atoms with Gasteiger partial charge in [0.15, 0.2) is 6.10 Å². The van der Waals surface area contributed by atoms with E-state index in [1.54, 1.807) is 24.3 Å². The molecule has 0 aliphatic carbocycles. The third-order valence-corrected chi connectivity index (χ3v) is 3.12. The van der Waals surface area contributed by atoms with E-state index in [1.807, 2.05) is 6.92 Å². The van der Waals surface area contributed by atoms with Crippen LogP contribution in [0.2, 0.25) is 0 Å². The van der Waals surface area contributed by atoms with Crippen molar-refractivity contribution in [1.82, 2.24) is 0 Å². The van der Waals surface area contributed by atoms with E-state index >= 15 is 0 Å². The van der Waals surface area contributed by atoms with Gasteiger partial charge in [0.05, 0.1) is 13.2 Å². The van der Waals surface area contributed by atoms with E-state index in [9.17, 15) is 13.2 Å². The molecule has 1 aromatic rings. The zero-order valence-electron chi connectivity index (χ0n) is 11.8. The lowest BCUT2D eigenvalue weighted by Crippen LogP contribution is -2.37. The van der Waals surface area contributed by atoms with E-state index < -0.39 is 24.4 Å². The van der Waals surface area contributed by atoms with Crippen LogP contribution in [0.25, 0.3) is 0 Å². The molecule has 0 aliphatic heterocycles. The number of hydrogen-bond donors (Lipinski definition) is 1. The van der Waals surface area contributed by atoms with Gasteiger partial charge in [-0.15, -0.1) is 0 Å². The van der Waals surface area contributed by atoms with Crippen LogP contribution in [0.1, 0.15) is 31.9 Å². The number of alkyl halides is 3. The standard InChI is InChI=1S/C14H20F3NO2/c1-4-12(18)13(20-9(2)14(15,16)17)10-5-7-11(19-3)8-6-10/h5-9,12-13H,4,18H2,1-3H3. The van der Waals surface area contributed by atoms with Gasteiger partial charge in [-0.3, -0.25) is 0 Å². The summed E-state index contributed by atoms with van der Waals surface area (Å²) in [6.45, 7) is 2.79. The van der Waals surface area contributed by atoms with E-state index in [0.29, 0.717) is 17.7 Å². The maximum atomic E-state index is 12.6. The van der Waals surface area contributed by atoms with Crippen molar-refractivity contribution >= 4 is 0 Å². The van der Waals surface area contributed by atoms with Crippen molar-refractivity contribution in [1.29, 1.82) is 0 Å². The lowest BCUT2D eigenvalue weighted by Gasteiger charge is -2.28. The van der Waals surface area contributed by atoms with Crippen molar-refractivity contribution in [2.45, 2.75) is 44.7 Å². The molecule has 0 aliphatic rings. The molecular formula is C14H20F3NO2. The number of methoxy groups -OCH3 is 1. The number of ether oxygens (including phenoxy) is 2. The number of benzene rings is 1. The summed E-state index contributed by atoms with van der Waals surface area (Å²) in [6, 6.07) is 6.18. The van der Waals surface area contributed by atoms with E-state index in [1.165, 1.54) is 7.11 Å². The van der Waals surface area contributed by atoms with Crippen LogP contribution in [0.5, 0.6) is 5.75 Å². The molecule has 1 rings (SSSR count). The fourth-order valence-electron chi connectivity index (χ4n) is 1.73. The summed E-state index contributed by atoms with van der Waals surface area (Å²) in [6.07, 6.45) is -6.56. The van der Waals surface area contributed by atoms with Crippen molar-refractivity contribution in [3.63, 3.8) is 0 Å². The molecule has 0 spiro atoms. The lowest BCUT2D eigenvalue weighted by atomic mass is 10.0. The van der Waals surface area contributed by atoms with Crippen molar-refractivity contribution in [3.8, 4) is 5.75 Å². The lowest BCUT2D eigenvalue weighted by molar-refractivity contribution is -0.229. The van der Waals surface area contributed by atoms with E-state index in [0.717, 1.165) is 6.92 Å². The maximum absolute atomic E-state index is 12.6. The Hall–Kier alpha value is -1.27. The Kier molecular flexibility index (Phi) is 5.83. The summed E-state index contributed by atoms with van der Waals surface area (Å²) in [4.78, 5) is 0. The fraction of sp³-hybridized carbons (Fsp3) is 0.571. The highest BCUT2D eigenvalue weighted by Crippen LogP contribution is 2.31.